The lowest BCUT2D eigenvalue weighted by Gasteiger charge is -2.30. The Morgan fingerprint density at radius 3 is 2.65 bits per heavy atom. The Hall–Kier alpha value is -2.95. The van der Waals surface area contributed by atoms with E-state index in [-0.39, 0.29) is 11.9 Å². The number of hydrogen-bond acceptors (Lipinski definition) is 3. The van der Waals surface area contributed by atoms with Gasteiger partial charge < -0.3 is 9.84 Å². The molecule has 2 aromatic rings. The third kappa shape index (κ3) is 2.13. The SMILES string of the molecule is [O-]C1=C(c2ccccc2)[N+]2=N[C@@H]3CCCC3=C[C@]2(c2ccc(F)cc2)O1. The monoisotopic (exact) mass is 348 g/mol. The Labute approximate surface area is 150 Å². The van der Waals surface area contributed by atoms with Crippen molar-refractivity contribution in [1.82, 2.24) is 0 Å². The zero-order chi connectivity index (χ0) is 17.7. The van der Waals surface area contributed by atoms with Gasteiger partial charge in [0.05, 0.1) is 5.56 Å². The maximum atomic E-state index is 13.5. The second-order valence-corrected chi connectivity index (χ2v) is 6.86. The average molecular weight is 348 g/mol. The molecule has 0 radical (unpaired) electrons. The van der Waals surface area contributed by atoms with Gasteiger partial charge in [-0.25, -0.2) is 4.39 Å². The van der Waals surface area contributed by atoms with E-state index in [0.29, 0.717) is 11.3 Å². The molecule has 3 aliphatic rings. The van der Waals surface area contributed by atoms with Gasteiger partial charge in [0, 0.05) is 11.6 Å². The number of benzene rings is 2. The quantitative estimate of drug-likeness (QED) is 0.614. The van der Waals surface area contributed by atoms with Crippen LogP contribution in [0.4, 0.5) is 4.39 Å². The zero-order valence-electron chi connectivity index (χ0n) is 14.1. The van der Waals surface area contributed by atoms with Crippen LogP contribution in [0.5, 0.6) is 0 Å². The molecule has 130 valence electrons. The van der Waals surface area contributed by atoms with Crippen molar-refractivity contribution in [2.45, 2.75) is 31.0 Å². The first-order chi connectivity index (χ1) is 12.7. The highest BCUT2D eigenvalue weighted by Crippen LogP contribution is 2.48. The molecule has 5 rings (SSSR count). The van der Waals surface area contributed by atoms with Crippen molar-refractivity contribution in [3.8, 4) is 0 Å². The molecule has 0 spiro atoms. The Kier molecular flexibility index (Phi) is 3.26. The first kappa shape index (κ1) is 15.3. The van der Waals surface area contributed by atoms with E-state index in [2.05, 4.69) is 0 Å². The van der Waals surface area contributed by atoms with Crippen molar-refractivity contribution in [2.24, 2.45) is 5.11 Å². The highest BCUT2D eigenvalue weighted by molar-refractivity contribution is 5.61. The summed E-state index contributed by atoms with van der Waals surface area (Å²) in [6.45, 7) is 0. The molecule has 0 saturated heterocycles. The van der Waals surface area contributed by atoms with Crippen LogP contribution in [-0.2, 0) is 10.5 Å². The highest BCUT2D eigenvalue weighted by atomic mass is 19.1. The van der Waals surface area contributed by atoms with Gasteiger partial charge in [0.25, 0.3) is 5.70 Å². The molecule has 1 aliphatic carbocycles. The first-order valence-corrected chi connectivity index (χ1v) is 8.82. The minimum absolute atomic E-state index is 0.0804. The third-order valence-electron chi connectivity index (χ3n) is 5.28. The minimum atomic E-state index is -1.13. The predicted molar refractivity (Wildman–Crippen MR) is 90.9 cm³/mol. The molecule has 2 aromatic carbocycles. The standard InChI is InChI=1S/C21H17FN2O2/c22-17-11-9-16(10-12-17)21-13-15-7-4-8-18(15)23-24(21)19(20(25)26-21)14-5-2-1-3-6-14/h1-3,5-6,9-13,18H,4,7-8H2/t18-,21-/m1/s1. The predicted octanol–water partition coefficient (Wildman–Crippen LogP) is 3.65. The van der Waals surface area contributed by atoms with E-state index in [9.17, 15) is 9.50 Å². The molecule has 1 saturated carbocycles. The zero-order valence-corrected chi connectivity index (χ0v) is 14.1. The summed E-state index contributed by atoms with van der Waals surface area (Å²) in [5.41, 5.74) is 1.94. The van der Waals surface area contributed by atoms with Gasteiger partial charge in [0.1, 0.15) is 17.8 Å². The lowest BCUT2D eigenvalue weighted by molar-refractivity contribution is -0.627. The Bertz CT molecular complexity index is 963. The summed E-state index contributed by atoms with van der Waals surface area (Å²) in [5, 5.41) is 17.7. The van der Waals surface area contributed by atoms with Crippen molar-refractivity contribution in [3.05, 3.63) is 89.1 Å². The molecule has 0 amide bonds. The fourth-order valence-corrected chi connectivity index (χ4v) is 4.05. The summed E-state index contributed by atoms with van der Waals surface area (Å²) in [6.07, 6.45) is 5.00. The average Bonchev–Trinajstić information content (AvgIpc) is 3.21. The number of nitrogens with zero attached hydrogens (tertiary/aromatic N) is 2. The van der Waals surface area contributed by atoms with Crippen LogP contribution in [-0.4, -0.2) is 10.7 Å². The van der Waals surface area contributed by atoms with Crippen molar-refractivity contribution < 1.29 is 18.9 Å². The normalized spacial score (nSPS) is 26.7. The second kappa shape index (κ2) is 5.53. The van der Waals surface area contributed by atoms with E-state index in [1.165, 1.54) is 17.7 Å². The van der Waals surface area contributed by atoms with Crippen molar-refractivity contribution in [2.75, 3.05) is 0 Å². The van der Waals surface area contributed by atoms with Crippen LogP contribution < -0.4 is 5.11 Å². The first-order valence-electron chi connectivity index (χ1n) is 8.82. The van der Waals surface area contributed by atoms with E-state index in [1.54, 1.807) is 16.8 Å². The highest BCUT2D eigenvalue weighted by Gasteiger charge is 2.53. The fourth-order valence-electron chi connectivity index (χ4n) is 4.05. The fraction of sp³-hybridized carbons (Fsp3) is 0.238. The molecular formula is C21H17FN2O2. The Balaban J connectivity index is 1.71. The molecule has 5 heteroatoms. The van der Waals surface area contributed by atoms with Crippen LogP contribution in [0.1, 0.15) is 30.4 Å². The second-order valence-electron chi connectivity index (χ2n) is 6.86. The van der Waals surface area contributed by atoms with Gasteiger partial charge in [0.2, 0.25) is 0 Å². The number of rotatable bonds is 2. The van der Waals surface area contributed by atoms with Gasteiger partial charge in [-0.2, -0.15) is 0 Å². The van der Waals surface area contributed by atoms with Gasteiger partial charge in [-0.1, -0.05) is 22.9 Å². The Morgan fingerprint density at radius 1 is 1.12 bits per heavy atom. The molecule has 26 heavy (non-hydrogen) atoms. The number of hydrogen-bond donors (Lipinski definition) is 0. The molecule has 2 atom stereocenters. The largest absolute Gasteiger partial charge is 0.542 e. The summed E-state index contributed by atoms with van der Waals surface area (Å²) in [7, 11) is 0. The number of ether oxygens (including phenoxy) is 1. The van der Waals surface area contributed by atoms with Gasteiger partial charge >= 0.3 is 5.72 Å². The molecule has 2 heterocycles. The van der Waals surface area contributed by atoms with Crippen molar-refractivity contribution >= 4 is 5.70 Å². The van der Waals surface area contributed by atoms with Crippen LogP contribution in [0.25, 0.3) is 5.70 Å². The molecule has 0 bridgehead atoms. The molecule has 2 aliphatic heterocycles. The van der Waals surface area contributed by atoms with Crippen LogP contribution in [0.2, 0.25) is 0 Å². The van der Waals surface area contributed by atoms with E-state index in [1.807, 2.05) is 36.4 Å². The van der Waals surface area contributed by atoms with Crippen LogP contribution >= 0.6 is 0 Å². The van der Waals surface area contributed by atoms with Gasteiger partial charge in [-0.05, 0) is 66.3 Å². The summed E-state index contributed by atoms with van der Waals surface area (Å²) in [4.78, 5) is 0. The van der Waals surface area contributed by atoms with Crippen LogP contribution in [0.15, 0.2) is 77.3 Å². The topological polar surface area (TPSA) is 47.7 Å². The summed E-state index contributed by atoms with van der Waals surface area (Å²) in [6, 6.07) is 15.6. The summed E-state index contributed by atoms with van der Waals surface area (Å²) >= 11 is 0. The molecule has 0 N–H and O–H groups in total. The molecular weight excluding hydrogens is 331 g/mol. The van der Waals surface area contributed by atoms with Gasteiger partial charge in [-0.3, -0.25) is 0 Å². The smallest absolute Gasteiger partial charge is 0.302 e. The Morgan fingerprint density at radius 2 is 1.88 bits per heavy atom. The molecule has 0 unspecified atom stereocenters. The number of azo groups is 2. The van der Waals surface area contributed by atoms with E-state index >= 15 is 0 Å². The summed E-state index contributed by atoms with van der Waals surface area (Å²) < 4.78 is 21.1. The minimum Gasteiger partial charge on any atom is -0.542 e. The molecule has 0 aromatic heterocycles. The lowest BCUT2D eigenvalue weighted by Crippen LogP contribution is -2.38. The lowest BCUT2D eigenvalue weighted by atomic mass is 9.95. The van der Waals surface area contributed by atoms with E-state index < -0.39 is 11.7 Å². The van der Waals surface area contributed by atoms with E-state index in [0.717, 1.165) is 24.8 Å². The van der Waals surface area contributed by atoms with Crippen molar-refractivity contribution in [3.63, 3.8) is 0 Å². The molecule has 1 fully saturated rings. The maximum Gasteiger partial charge on any atom is 0.302 e. The third-order valence-corrected chi connectivity index (χ3v) is 5.28. The summed E-state index contributed by atoms with van der Waals surface area (Å²) in [5.74, 6) is -0.742. The van der Waals surface area contributed by atoms with Crippen LogP contribution in [0.3, 0.4) is 0 Å². The van der Waals surface area contributed by atoms with E-state index in [4.69, 9.17) is 9.85 Å². The van der Waals surface area contributed by atoms with Crippen LogP contribution in [0, 0.1) is 5.82 Å². The molecule has 4 nitrogen and oxygen atoms in total. The van der Waals surface area contributed by atoms with Crippen molar-refractivity contribution in [1.29, 1.82) is 0 Å². The van der Waals surface area contributed by atoms with Gasteiger partial charge in [-0.15, -0.1) is 0 Å². The maximum absolute atomic E-state index is 13.5. The number of fused-ring (bicyclic) bond motifs is 2. The van der Waals surface area contributed by atoms with Gasteiger partial charge in [0.15, 0.2) is 0 Å². The number of halogens is 1.